The normalized spacial score (nSPS) is 14.5. The van der Waals surface area contributed by atoms with Crippen molar-refractivity contribution in [1.29, 1.82) is 0 Å². The smallest absolute Gasteiger partial charge is 0.472 e. The molecule has 4 N–H and O–H groups in total. The Kier molecular flexibility index (Phi) is 39.2. The van der Waals surface area contributed by atoms with Crippen LogP contribution in [0.15, 0.2) is 60.8 Å². The summed E-state index contributed by atoms with van der Waals surface area (Å²) >= 11 is 0. The van der Waals surface area contributed by atoms with Gasteiger partial charge in [-0.25, -0.2) is 4.57 Å². The molecule has 11 heteroatoms. The second-order valence-corrected chi connectivity index (χ2v) is 15.9. The SMILES string of the molecule is CC/C=C\C/C=C\C/C=C\C/C=C\C/C=C\CCCCOCC(COP(=O)(O)OCC(N)C(=O)O)OC(=O)CCCCCCCCCCCCCCCCCC. The van der Waals surface area contributed by atoms with E-state index in [0.29, 0.717) is 13.0 Å². The van der Waals surface area contributed by atoms with Gasteiger partial charge >= 0.3 is 19.8 Å². The summed E-state index contributed by atoms with van der Waals surface area (Å²) in [6.07, 6.45) is 48.5. The highest BCUT2D eigenvalue weighted by Crippen LogP contribution is 2.43. The summed E-state index contributed by atoms with van der Waals surface area (Å²) in [5.74, 6) is -1.80. The number of rotatable bonds is 41. The Hall–Kier alpha value is -2.33. The summed E-state index contributed by atoms with van der Waals surface area (Å²) in [5.41, 5.74) is 5.35. The topological polar surface area (TPSA) is 155 Å². The molecule has 0 aromatic carbocycles. The van der Waals surface area contributed by atoms with E-state index in [1.165, 1.54) is 77.0 Å². The third-order valence-electron chi connectivity index (χ3n) is 9.06. The van der Waals surface area contributed by atoms with Crippen molar-refractivity contribution in [1.82, 2.24) is 0 Å². The molecule has 10 nitrogen and oxygen atoms in total. The van der Waals surface area contributed by atoms with Gasteiger partial charge in [-0.1, -0.05) is 171 Å². The molecule has 0 fully saturated rings. The number of nitrogens with two attached hydrogens (primary N) is 1. The fourth-order valence-corrected chi connectivity index (χ4v) is 6.47. The summed E-state index contributed by atoms with van der Waals surface area (Å²) in [6.45, 7) is 3.66. The molecule has 0 amide bonds. The Labute approximate surface area is 341 Å². The van der Waals surface area contributed by atoms with E-state index in [0.717, 1.165) is 70.6 Å². The largest absolute Gasteiger partial charge is 0.480 e. The molecular weight excluding hydrogens is 729 g/mol. The minimum atomic E-state index is -4.63. The van der Waals surface area contributed by atoms with E-state index in [-0.39, 0.29) is 13.0 Å². The van der Waals surface area contributed by atoms with Crippen LogP contribution < -0.4 is 5.73 Å². The second-order valence-electron chi connectivity index (χ2n) is 14.4. The van der Waals surface area contributed by atoms with Gasteiger partial charge in [0.1, 0.15) is 12.1 Å². The quantitative estimate of drug-likeness (QED) is 0.0235. The van der Waals surface area contributed by atoms with Crippen LogP contribution in [0.2, 0.25) is 0 Å². The Balaban J connectivity index is 4.32. The van der Waals surface area contributed by atoms with Crippen molar-refractivity contribution in [2.75, 3.05) is 26.4 Å². The third-order valence-corrected chi connectivity index (χ3v) is 10.0. The number of ether oxygens (including phenoxy) is 2. The maximum Gasteiger partial charge on any atom is 0.472 e. The van der Waals surface area contributed by atoms with Gasteiger partial charge in [-0.3, -0.25) is 18.6 Å². The van der Waals surface area contributed by atoms with Crippen molar-refractivity contribution >= 4 is 19.8 Å². The zero-order chi connectivity index (χ0) is 41.2. The Bertz CT molecular complexity index is 1120. The summed E-state index contributed by atoms with van der Waals surface area (Å²) < 4.78 is 33.3. The highest BCUT2D eigenvalue weighted by Gasteiger charge is 2.27. The van der Waals surface area contributed by atoms with Gasteiger partial charge in [0.2, 0.25) is 0 Å². The van der Waals surface area contributed by atoms with E-state index < -0.39 is 45.1 Å². The summed E-state index contributed by atoms with van der Waals surface area (Å²) in [4.78, 5) is 33.5. The molecule has 0 aliphatic heterocycles. The first-order valence-corrected chi connectivity index (χ1v) is 23.3. The third kappa shape index (κ3) is 39.9. The van der Waals surface area contributed by atoms with Crippen molar-refractivity contribution in [2.45, 2.75) is 187 Å². The van der Waals surface area contributed by atoms with Gasteiger partial charge < -0.3 is 25.2 Å². The highest BCUT2D eigenvalue weighted by atomic mass is 31.2. The standard InChI is InChI=1S/C45H80NO9P/c1-3-5-7-9-11-13-15-17-19-21-22-24-26-28-30-32-34-36-38-52-39-42(40-53-56(50,51)54-41-43(46)45(48)49)55-44(47)37-35-33-31-29-27-25-23-20-18-16-14-12-10-8-6-4-2/h5,7,11,13,17,19,22,24,28,30,42-43H,3-4,6,8-10,12,14-16,18,20-21,23,25-27,29,31-41,46H2,1-2H3,(H,48,49)(H,50,51)/b7-5-,13-11-,19-17-,24-22-,30-28-. The molecule has 3 unspecified atom stereocenters. The predicted molar refractivity (Wildman–Crippen MR) is 231 cm³/mol. The molecule has 0 aromatic heterocycles. The van der Waals surface area contributed by atoms with Crippen LogP contribution in [0.3, 0.4) is 0 Å². The van der Waals surface area contributed by atoms with Gasteiger partial charge in [0, 0.05) is 13.0 Å². The molecule has 0 aliphatic rings. The number of carbonyl (C=O) groups excluding carboxylic acids is 1. The highest BCUT2D eigenvalue weighted by molar-refractivity contribution is 7.47. The molecule has 3 atom stereocenters. The molecule has 0 radical (unpaired) electrons. The maximum atomic E-state index is 12.6. The molecular formula is C45H80NO9P. The maximum absolute atomic E-state index is 12.6. The fraction of sp³-hybridized carbons (Fsp3) is 0.733. The van der Waals surface area contributed by atoms with Crippen molar-refractivity contribution in [2.24, 2.45) is 5.73 Å². The lowest BCUT2D eigenvalue weighted by atomic mass is 10.0. The molecule has 0 aliphatic carbocycles. The van der Waals surface area contributed by atoms with E-state index in [1.54, 1.807) is 0 Å². The van der Waals surface area contributed by atoms with Crippen LogP contribution in [-0.2, 0) is 32.7 Å². The van der Waals surface area contributed by atoms with Crippen LogP contribution in [0.25, 0.3) is 0 Å². The van der Waals surface area contributed by atoms with Crippen LogP contribution in [0.5, 0.6) is 0 Å². The van der Waals surface area contributed by atoms with E-state index in [9.17, 15) is 19.0 Å². The minimum absolute atomic E-state index is 0.0129. The van der Waals surface area contributed by atoms with E-state index in [4.69, 9.17) is 29.4 Å². The number of carbonyl (C=O) groups is 2. The molecule has 0 heterocycles. The number of allylic oxidation sites excluding steroid dienone is 10. The molecule has 0 rings (SSSR count). The summed E-state index contributed by atoms with van der Waals surface area (Å²) in [7, 11) is -4.63. The zero-order valence-corrected chi connectivity index (χ0v) is 36.1. The van der Waals surface area contributed by atoms with Crippen molar-refractivity contribution in [3.63, 3.8) is 0 Å². The van der Waals surface area contributed by atoms with Gasteiger partial charge in [-0.05, 0) is 57.8 Å². The van der Waals surface area contributed by atoms with E-state index in [2.05, 4.69) is 74.6 Å². The van der Waals surface area contributed by atoms with Gasteiger partial charge in [0.25, 0.3) is 0 Å². The fourth-order valence-electron chi connectivity index (χ4n) is 5.69. The van der Waals surface area contributed by atoms with Gasteiger partial charge in [-0.2, -0.15) is 0 Å². The molecule has 324 valence electrons. The monoisotopic (exact) mass is 810 g/mol. The second kappa shape index (κ2) is 40.9. The number of hydrogen-bond donors (Lipinski definition) is 3. The number of phosphoric ester groups is 1. The number of unbranched alkanes of at least 4 members (excludes halogenated alkanes) is 17. The molecule has 0 bridgehead atoms. The minimum Gasteiger partial charge on any atom is -0.480 e. The van der Waals surface area contributed by atoms with Crippen LogP contribution in [0.1, 0.15) is 174 Å². The lowest BCUT2D eigenvalue weighted by Gasteiger charge is -2.20. The van der Waals surface area contributed by atoms with Gasteiger partial charge in [0.05, 0.1) is 19.8 Å². The Morgan fingerprint density at radius 3 is 1.52 bits per heavy atom. The lowest BCUT2D eigenvalue weighted by Crippen LogP contribution is -2.34. The average molecular weight is 810 g/mol. The van der Waals surface area contributed by atoms with Gasteiger partial charge in [0.15, 0.2) is 0 Å². The number of carboxylic acids is 1. The Morgan fingerprint density at radius 1 is 0.589 bits per heavy atom. The van der Waals surface area contributed by atoms with Crippen molar-refractivity contribution < 1.29 is 42.7 Å². The first-order valence-electron chi connectivity index (χ1n) is 21.8. The summed E-state index contributed by atoms with van der Waals surface area (Å²) in [6, 6.07) is -1.48. The van der Waals surface area contributed by atoms with E-state index >= 15 is 0 Å². The van der Waals surface area contributed by atoms with E-state index in [1.807, 2.05) is 0 Å². The Morgan fingerprint density at radius 2 is 1.04 bits per heavy atom. The van der Waals surface area contributed by atoms with Gasteiger partial charge in [-0.15, -0.1) is 0 Å². The lowest BCUT2D eigenvalue weighted by molar-refractivity contribution is -0.154. The number of phosphoric acid groups is 1. The zero-order valence-electron chi connectivity index (χ0n) is 35.2. The first kappa shape index (κ1) is 53.7. The van der Waals surface area contributed by atoms with Crippen molar-refractivity contribution in [3.05, 3.63) is 60.8 Å². The van der Waals surface area contributed by atoms with Crippen LogP contribution in [0, 0.1) is 0 Å². The molecule has 0 spiro atoms. The molecule has 0 aromatic rings. The van der Waals surface area contributed by atoms with Crippen LogP contribution in [-0.4, -0.2) is 60.5 Å². The molecule has 0 saturated heterocycles. The van der Waals surface area contributed by atoms with Crippen LogP contribution >= 0.6 is 7.82 Å². The predicted octanol–water partition coefficient (Wildman–Crippen LogP) is 12.0. The average Bonchev–Trinajstić information content (AvgIpc) is 3.18. The summed E-state index contributed by atoms with van der Waals surface area (Å²) in [5, 5.41) is 8.89. The number of carboxylic acid groups (broad SMARTS) is 1. The molecule has 56 heavy (non-hydrogen) atoms. The first-order chi connectivity index (χ1) is 27.2. The van der Waals surface area contributed by atoms with Crippen molar-refractivity contribution in [3.8, 4) is 0 Å². The number of hydrogen-bond acceptors (Lipinski definition) is 8. The number of esters is 1. The molecule has 0 saturated carbocycles. The number of aliphatic carboxylic acids is 1. The van der Waals surface area contributed by atoms with Crippen LogP contribution in [0.4, 0.5) is 0 Å².